The van der Waals surface area contributed by atoms with Crippen LogP contribution in [0.5, 0.6) is 0 Å². The lowest BCUT2D eigenvalue weighted by molar-refractivity contribution is 0.0970. The van der Waals surface area contributed by atoms with E-state index in [4.69, 9.17) is 0 Å². The molecule has 0 aliphatic carbocycles. The summed E-state index contributed by atoms with van der Waals surface area (Å²) in [4.78, 5) is 17.8. The third-order valence-corrected chi connectivity index (χ3v) is 4.42. The summed E-state index contributed by atoms with van der Waals surface area (Å²) in [5.41, 5.74) is 2.31. The van der Waals surface area contributed by atoms with Gasteiger partial charge >= 0.3 is 0 Å². The summed E-state index contributed by atoms with van der Waals surface area (Å²) in [5, 5.41) is 1.97. The fraction of sp³-hybridized carbons (Fsp3) is 0.111. The SMILES string of the molecule is Cc1csc(=Nc2ccccc2)n1CC(=O)c1ccc(F)cc1. The molecule has 3 rings (SSSR count). The Morgan fingerprint density at radius 1 is 1.13 bits per heavy atom. The first-order chi connectivity index (χ1) is 11.1. The van der Waals surface area contributed by atoms with E-state index in [0.717, 1.165) is 16.2 Å². The van der Waals surface area contributed by atoms with Crippen LogP contribution in [0.15, 0.2) is 65.0 Å². The van der Waals surface area contributed by atoms with Gasteiger partial charge in [0.2, 0.25) is 0 Å². The average Bonchev–Trinajstić information content (AvgIpc) is 2.89. The van der Waals surface area contributed by atoms with E-state index in [-0.39, 0.29) is 18.1 Å². The minimum absolute atomic E-state index is 0.0685. The number of Topliss-reactive ketones (excluding diaryl/α,β-unsaturated/α-hetero) is 1. The molecule has 1 heterocycles. The smallest absolute Gasteiger partial charge is 0.190 e. The molecule has 0 amide bonds. The zero-order chi connectivity index (χ0) is 16.2. The molecule has 23 heavy (non-hydrogen) atoms. The highest BCUT2D eigenvalue weighted by Gasteiger charge is 2.10. The molecule has 0 atom stereocenters. The molecule has 0 spiro atoms. The van der Waals surface area contributed by atoms with Gasteiger partial charge in [-0.2, -0.15) is 0 Å². The number of ketones is 1. The fourth-order valence-corrected chi connectivity index (χ4v) is 3.08. The van der Waals surface area contributed by atoms with Gasteiger partial charge in [0.25, 0.3) is 0 Å². The Morgan fingerprint density at radius 2 is 1.83 bits per heavy atom. The molecule has 0 bridgehead atoms. The van der Waals surface area contributed by atoms with E-state index >= 15 is 0 Å². The predicted octanol–water partition coefficient (Wildman–Crippen LogP) is 4.11. The summed E-state index contributed by atoms with van der Waals surface area (Å²) in [6, 6.07) is 15.2. The molecule has 0 N–H and O–H groups in total. The lowest BCUT2D eigenvalue weighted by atomic mass is 10.1. The van der Waals surface area contributed by atoms with Crippen molar-refractivity contribution in [2.75, 3.05) is 0 Å². The Kier molecular flexibility index (Phi) is 4.48. The topological polar surface area (TPSA) is 34.4 Å². The first-order valence-corrected chi connectivity index (χ1v) is 8.05. The number of nitrogens with zero attached hydrogens (tertiary/aromatic N) is 2. The number of benzene rings is 2. The molecule has 0 aliphatic rings. The highest BCUT2D eigenvalue weighted by Crippen LogP contribution is 2.11. The molecule has 116 valence electrons. The van der Waals surface area contributed by atoms with Gasteiger partial charge in [-0.1, -0.05) is 18.2 Å². The van der Waals surface area contributed by atoms with Crippen molar-refractivity contribution in [2.24, 2.45) is 4.99 Å². The van der Waals surface area contributed by atoms with Gasteiger partial charge in [-0.3, -0.25) is 4.79 Å². The molecule has 0 radical (unpaired) electrons. The van der Waals surface area contributed by atoms with Gasteiger partial charge in [0.05, 0.1) is 12.2 Å². The molecular weight excluding hydrogens is 311 g/mol. The van der Waals surface area contributed by atoms with Gasteiger partial charge in [-0.15, -0.1) is 11.3 Å². The van der Waals surface area contributed by atoms with Crippen LogP contribution in [0.4, 0.5) is 10.1 Å². The lowest BCUT2D eigenvalue weighted by Gasteiger charge is -2.05. The Balaban J connectivity index is 1.92. The maximum absolute atomic E-state index is 13.0. The predicted molar refractivity (Wildman–Crippen MR) is 89.4 cm³/mol. The maximum atomic E-state index is 13.0. The zero-order valence-corrected chi connectivity index (χ0v) is 13.4. The molecule has 2 aromatic carbocycles. The largest absolute Gasteiger partial charge is 0.313 e. The van der Waals surface area contributed by atoms with E-state index in [9.17, 15) is 9.18 Å². The van der Waals surface area contributed by atoms with Crippen molar-refractivity contribution in [3.63, 3.8) is 0 Å². The van der Waals surface area contributed by atoms with Gasteiger partial charge in [0, 0.05) is 16.6 Å². The summed E-state index contributed by atoms with van der Waals surface area (Å²) >= 11 is 1.49. The van der Waals surface area contributed by atoms with E-state index in [1.807, 2.05) is 47.2 Å². The molecule has 3 aromatic rings. The first kappa shape index (κ1) is 15.4. The number of halogens is 1. The first-order valence-electron chi connectivity index (χ1n) is 7.17. The maximum Gasteiger partial charge on any atom is 0.190 e. The van der Waals surface area contributed by atoms with Crippen molar-refractivity contribution in [3.05, 3.63) is 81.9 Å². The number of carbonyl (C=O) groups excluding carboxylic acids is 1. The van der Waals surface area contributed by atoms with Gasteiger partial charge in [-0.25, -0.2) is 9.38 Å². The van der Waals surface area contributed by atoms with Crippen molar-refractivity contribution in [1.82, 2.24) is 4.57 Å². The van der Waals surface area contributed by atoms with Crippen LogP contribution in [0.3, 0.4) is 0 Å². The zero-order valence-electron chi connectivity index (χ0n) is 12.6. The molecule has 0 fully saturated rings. The number of thiazole rings is 1. The number of rotatable bonds is 4. The van der Waals surface area contributed by atoms with Crippen LogP contribution in [0.2, 0.25) is 0 Å². The minimum Gasteiger partial charge on any atom is -0.313 e. The number of aryl methyl sites for hydroxylation is 1. The van der Waals surface area contributed by atoms with Crippen LogP contribution in [0.1, 0.15) is 16.1 Å². The average molecular weight is 326 g/mol. The molecule has 0 aliphatic heterocycles. The number of aromatic nitrogens is 1. The van der Waals surface area contributed by atoms with Crippen molar-refractivity contribution in [2.45, 2.75) is 13.5 Å². The molecule has 0 saturated carbocycles. The van der Waals surface area contributed by atoms with Crippen LogP contribution < -0.4 is 4.80 Å². The standard InChI is InChI=1S/C18H15FN2OS/c1-13-12-23-18(20-16-5-3-2-4-6-16)21(13)11-17(22)14-7-9-15(19)10-8-14/h2-10,12H,11H2,1H3. The molecule has 3 nitrogen and oxygen atoms in total. The second-order valence-electron chi connectivity index (χ2n) is 5.12. The molecule has 0 saturated heterocycles. The molecular formula is C18H15FN2OS. The van der Waals surface area contributed by atoms with E-state index in [1.165, 1.54) is 35.6 Å². The van der Waals surface area contributed by atoms with Crippen LogP contribution in [-0.2, 0) is 6.54 Å². The second kappa shape index (κ2) is 6.71. The molecule has 5 heteroatoms. The Morgan fingerprint density at radius 3 is 2.52 bits per heavy atom. The molecule has 1 aromatic heterocycles. The Labute approximate surface area is 137 Å². The highest BCUT2D eigenvalue weighted by molar-refractivity contribution is 7.07. The van der Waals surface area contributed by atoms with Gasteiger partial charge in [0.15, 0.2) is 10.6 Å². The lowest BCUT2D eigenvalue weighted by Crippen LogP contribution is -2.21. The van der Waals surface area contributed by atoms with Crippen LogP contribution in [0.25, 0.3) is 0 Å². The number of hydrogen-bond acceptors (Lipinski definition) is 3. The summed E-state index contributed by atoms with van der Waals surface area (Å²) in [6.07, 6.45) is 0. The number of carbonyl (C=O) groups is 1. The molecule has 0 unspecified atom stereocenters. The summed E-state index contributed by atoms with van der Waals surface area (Å²) < 4.78 is 14.8. The van der Waals surface area contributed by atoms with Crippen LogP contribution >= 0.6 is 11.3 Å². The monoisotopic (exact) mass is 326 g/mol. The summed E-state index contributed by atoms with van der Waals surface area (Å²) in [5.74, 6) is -0.415. The van der Waals surface area contributed by atoms with E-state index in [2.05, 4.69) is 4.99 Å². The summed E-state index contributed by atoms with van der Waals surface area (Å²) in [7, 11) is 0. The Hall–Kier alpha value is -2.53. The minimum atomic E-state index is -0.347. The van der Waals surface area contributed by atoms with Crippen molar-refractivity contribution < 1.29 is 9.18 Å². The second-order valence-corrected chi connectivity index (χ2v) is 5.96. The van der Waals surface area contributed by atoms with Crippen LogP contribution in [0, 0.1) is 12.7 Å². The van der Waals surface area contributed by atoms with E-state index in [1.54, 1.807) is 0 Å². The third-order valence-electron chi connectivity index (χ3n) is 3.44. The number of hydrogen-bond donors (Lipinski definition) is 0. The third kappa shape index (κ3) is 3.63. The summed E-state index contributed by atoms with van der Waals surface area (Å²) in [6.45, 7) is 2.13. The van der Waals surface area contributed by atoms with Crippen molar-refractivity contribution in [1.29, 1.82) is 0 Å². The highest BCUT2D eigenvalue weighted by atomic mass is 32.1. The van der Waals surface area contributed by atoms with Gasteiger partial charge in [-0.05, 0) is 43.3 Å². The van der Waals surface area contributed by atoms with Crippen LogP contribution in [-0.4, -0.2) is 10.4 Å². The normalized spacial score (nSPS) is 11.7. The van der Waals surface area contributed by atoms with Gasteiger partial charge < -0.3 is 4.57 Å². The Bertz CT molecular complexity index is 879. The van der Waals surface area contributed by atoms with E-state index in [0.29, 0.717) is 5.56 Å². The van der Waals surface area contributed by atoms with Gasteiger partial charge in [0.1, 0.15) is 5.82 Å². The van der Waals surface area contributed by atoms with Crippen molar-refractivity contribution in [3.8, 4) is 0 Å². The number of para-hydroxylation sites is 1. The fourth-order valence-electron chi connectivity index (χ4n) is 2.18. The van der Waals surface area contributed by atoms with E-state index < -0.39 is 0 Å². The quantitative estimate of drug-likeness (QED) is 0.664. The van der Waals surface area contributed by atoms with Crippen molar-refractivity contribution >= 4 is 22.8 Å².